The number of carboxylic acid groups (broad SMARTS) is 1. The summed E-state index contributed by atoms with van der Waals surface area (Å²) in [5.74, 6) is -1.19. The third-order valence-electron chi connectivity index (χ3n) is 2.28. The molecule has 1 heterocycles. The number of hydrogen-bond donors (Lipinski definition) is 3. The van der Waals surface area contributed by atoms with Crippen LogP contribution in [-0.4, -0.2) is 22.0 Å². The first-order chi connectivity index (χ1) is 8.58. The highest BCUT2D eigenvalue weighted by Gasteiger charge is 2.12. The van der Waals surface area contributed by atoms with Crippen LogP contribution in [0.4, 0.5) is 5.82 Å². The highest BCUT2D eigenvalue weighted by molar-refractivity contribution is 6.34. The molecule has 0 fully saturated rings. The van der Waals surface area contributed by atoms with Gasteiger partial charge >= 0.3 is 5.97 Å². The molecule has 6 heteroatoms. The van der Waals surface area contributed by atoms with Crippen molar-refractivity contribution in [2.45, 2.75) is 0 Å². The summed E-state index contributed by atoms with van der Waals surface area (Å²) in [4.78, 5) is 25.1. The maximum absolute atomic E-state index is 11.9. The maximum atomic E-state index is 11.9. The van der Waals surface area contributed by atoms with Crippen molar-refractivity contribution in [3.05, 3.63) is 52.7 Å². The van der Waals surface area contributed by atoms with Crippen molar-refractivity contribution in [2.24, 2.45) is 0 Å². The molecule has 2 rings (SSSR count). The van der Waals surface area contributed by atoms with Gasteiger partial charge in [-0.3, -0.25) is 4.79 Å². The van der Waals surface area contributed by atoms with Gasteiger partial charge in [0.05, 0.1) is 10.6 Å². The van der Waals surface area contributed by atoms with Crippen molar-refractivity contribution in [2.75, 3.05) is 5.32 Å². The lowest BCUT2D eigenvalue weighted by molar-refractivity contribution is 0.0691. The Hall–Kier alpha value is -2.27. The van der Waals surface area contributed by atoms with Gasteiger partial charge in [-0.25, -0.2) is 4.79 Å². The summed E-state index contributed by atoms with van der Waals surface area (Å²) in [6, 6.07) is 9.43. The van der Waals surface area contributed by atoms with E-state index >= 15 is 0 Å². The van der Waals surface area contributed by atoms with Crippen molar-refractivity contribution in [3.63, 3.8) is 0 Å². The summed E-state index contributed by atoms with van der Waals surface area (Å²) in [7, 11) is 0. The second kappa shape index (κ2) is 4.93. The lowest BCUT2D eigenvalue weighted by Gasteiger charge is -2.04. The number of hydrogen-bond acceptors (Lipinski definition) is 2. The zero-order valence-electron chi connectivity index (χ0n) is 9.11. The minimum absolute atomic E-state index is 0.00413. The van der Waals surface area contributed by atoms with Gasteiger partial charge in [0.15, 0.2) is 0 Å². The summed E-state index contributed by atoms with van der Waals surface area (Å²) in [6.45, 7) is 0. The fraction of sp³-hybridized carbons (Fsp3) is 0. The van der Waals surface area contributed by atoms with E-state index in [9.17, 15) is 9.59 Å². The third kappa shape index (κ3) is 2.52. The molecule has 0 atom stereocenters. The number of rotatable bonds is 3. The average molecular weight is 265 g/mol. The highest BCUT2D eigenvalue weighted by atomic mass is 35.5. The van der Waals surface area contributed by atoms with Crippen LogP contribution in [0.25, 0.3) is 0 Å². The number of aromatic amines is 1. The molecule has 0 aliphatic heterocycles. The van der Waals surface area contributed by atoms with E-state index in [4.69, 9.17) is 16.7 Å². The molecule has 0 bridgehead atoms. The van der Waals surface area contributed by atoms with Crippen LogP contribution in [0.3, 0.4) is 0 Å². The van der Waals surface area contributed by atoms with Gasteiger partial charge in [0.2, 0.25) is 0 Å². The molecule has 92 valence electrons. The molecule has 0 spiro atoms. The first kappa shape index (κ1) is 12.2. The molecule has 2 aromatic rings. The third-order valence-corrected chi connectivity index (χ3v) is 2.61. The van der Waals surface area contributed by atoms with Crippen LogP contribution in [0.5, 0.6) is 0 Å². The zero-order chi connectivity index (χ0) is 13.1. The summed E-state index contributed by atoms with van der Waals surface area (Å²) in [6.07, 6.45) is 0. The first-order valence-electron chi connectivity index (χ1n) is 5.06. The van der Waals surface area contributed by atoms with Crippen LogP contribution in [0.15, 0.2) is 36.4 Å². The van der Waals surface area contributed by atoms with Crippen molar-refractivity contribution in [1.29, 1.82) is 0 Å². The number of amides is 1. The molecule has 18 heavy (non-hydrogen) atoms. The number of aromatic nitrogens is 1. The molecule has 1 aromatic heterocycles. The van der Waals surface area contributed by atoms with E-state index in [1.165, 1.54) is 12.1 Å². The molecular formula is C12H9ClN2O3. The van der Waals surface area contributed by atoms with Crippen LogP contribution >= 0.6 is 11.6 Å². The molecule has 0 saturated heterocycles. The fourth-order valence-corrected chi connectivity index (χ4v) is 1.65. The Morgan fingerprint density at radius 2 is 1.89 bits per heavy atom. The molecule has 0 aliphatic rings. The van der Waals surface area contributed by atoms with E-state index in [0.29, 0.717) is 16.4 Å². The Kier molecular flexibility index (Phi) is 3.34. The van der Waals surface area contributed by atoms with Crippen LogP contribution in [0.1, 0.15) is 20.8 Å². The number of benzene rings is 1. The van der Waals surface area contributed by atoms with Gasteiger partial charge < -0.3 is 15.4 Å². The van der Waals surface area contributed by atoms with Crippen LogP contribution < -0.4 is 5.32 Å². The van der Waals surface area contributed by atoms with Crippen LogP contribution in [0, 0.1) is 0 Å². The molecule has 0 unspecified atom stereocenters. The fourth-order valence-electron chi connectivity index (χ4n) is 1.43. The van der Waals surface area contributed by atoms with E-state index in [1.807, 2.05) is 0 Å². The van der Waals surface area contributed by atoms with Gasteiger partial charge in [-0.05, 0) is 24.3 Å². The Balaban J connectivity index is 2.16. The molecule has 3 N–H and O–H groups in total. The summed E-state index contributed by atoms with van der Waals surface area (Å²) >= 11 is 5.88. The summed E-state index contributed by atoms with van der Waals surface area (Å²) < 4.78 is 0. The average Bonchev–Trinajstić information content (AvgIpc) is 2.78. The Morgan fingerprint density at radius 3 is 2.50 bits per heavy atom. The Labute approximate surface area is 107 Å². The van der Waals surface area contributed by atoms with Gasteiger partial charge in [0.1, 0.15) is 11.5 Å². The van der Waals surface area contributed by atoms with Crippen molar-refractivity contribution >= 4 is 29.3 Å². The van der Waals surface area contributed by atoms with Gasteiger partial charge in [-0.2, -0.15) is 0 Å². The Bertz CT molecular complexity index is 607. The monoisotopic (exact) mass is 264 g/mol. The van der Waals surface area contributed by atoms with Gasteiger partial charge in [-0.1, -0.05) is 23.7 Å². The van der Waals surface area contributed by atoms with E-state index in [-0.39, 0.29) is 5.69 Å². The summed E-state index contributed by atoms with van der Waals surface area (Å²) in [5.41, 5.74) is 0.329. The minimum atomic E-state index is -1.09. The number of carbonyl (C=O) groups excluding carboxylic acids is 1. The predicted octanol–water partition coefficient (Wildman–Crippen LogP) is 2.62. The predicted molar refractivity (Wildman–Crippen MR) is 67.2 cm³/mol. The Morgan fingerprint density at radius 1 is 1.17 bits per heavy atom. The number of nitrogens with one attached hydrogen (secondary N) is 2. The topological polar surface area (TPSA) is 82.2 Å². The normalized spacial score (nSPS) is 10.1. The maximum Gasteiger partial charge on any atom is 0.352 e. The number of aromatic carboxylic acids is 1. The zero-order valence-corrected chi connectivity index (χ0v) is 9.86. The summed E-state index contributed by atoms with van der Waals surface area (Å²) in [5, 5.41) is 11.6. The molecule has 1 amide bonds. The van der Waals surface area contributed by atoms with E-state index in [0.717, 1.165) is 0 Å². The standard InChI is InChI=1S/C12H9ClN2O3/c13-8-4-2-1-3-7(8)11(16)15-10-6-5-9(14-10)12(17)18/h1-6,14H,(H,15,16)(H,17,18). The first-order valence-corrected chi connectivity index (χ1v) is 5.44. The molecule has 0 saturated carbocycles. The largest absolute Gasteiger partial charge is 0.477 e. The van der Waals surface area contributed by atoms with E-state index in [1.54, 1.807) is 24.3 Å². The second-order valence-electron chi connectivity index (χ2n) is 3.52. The smallest absolute Gasteiger partial charge is 0.352 e. The minimum Gasteiger partial charge on any atom is -0.477 e. The molecule has 0 radical (unpaired) electrons. The van der Waals surface area contributed by atoms with Crippen molar-refractivity contribution in [3.8, 4) is 0 Å². The van der Waals surface area contributed by atoms with Crippen molar-refractivity contribution < 1.29 is 14.7 Å². The lowest BCUT2D eigenvalue weighted by atomic mass is 10.2. The molecule has 1 aromatic carbocycles. The van der Waals surface area contributed by atoms with Crippen molar-refractivity contribution in [1.82, 2.24) is 4.98 Å². The molecule has 5 nitrogen and oxygen atoms in total. The highest BCUT2D eigenvalue weighted by Crippen LogP contribution is 2.17. The van der Waals surface area contributed by atoms with E-state index in [2.05, 4.69) is 10.3 Å². The number of carboxylic acids is 1. The second-order valence-corrected chi connectivity index (χ2v) is 3.93. The number of carbonyl (C=O) groups is 2. The van der Waals surface area contributed by atoms with Gasteiger partial charge in [0, 0.05) is 0 Å². The number of anilines is 1. The molecule has 0 aliphatic carbocycles. The van der Waals surface area contributed by atoms with Crippen LogP contribution in [-0.2, 0) is 0 Å². The van der Waals surface area contributed by atoms with E-state index < -0.39 is 11.9 Å². The SMILES string of the molecule is O=C(O)c1ccc(NC(=O)c2ccccc2Cl)[nH]1. The number of H-pyrrole nitrogens is 1. The number of halogens is 1. The van der Waals surface area contributed by atoms with Crippen LogP contribution in [0.2, 0.25) is 5.02 Å². The van der Waals surface area contributed by atoms with Gasteiger partial charge in [0.25, 0.3) is 5.91 Å². The molecular weight excluding hydrogens is 256 g/mol. The lowest BCUT2D eigenvalue weighted by Crippen LogP contribution is -2.12. The van der Waals surface area contributed by atoms with Gasteiger partial charge in [-0.15, -0.1) is 0 Å². The quantitative estimate of drug-likeness (QED) is 0.797.